The zero-order valence-electron chi connectivity index (χ0n) is 11.7. The minimum absolute atomic E-state index is 0.227. The van der Waals surface area contributed by atoms with Gasteiger partial charge in [-0.2, -0.15) is 0 Å². The number of halogens is 1. The number of nitrogens with zero attached hydrogens (tertiary/aromatic N) is 3. The van der Waals surface area contributed by atoms with Gasteiger partial charge in [0.05, 0.1) is 13.1 Å². The molecule has 1 aliphatic rings. The highest BCUT2D eigenvalue weighted by Gasteiger charge is 2.22. The van der Waals surface area contributed by atoms with Gasteiger partial charge in [0.15, 0.2) is 5.17 Å². The molecule has 108 valence electrons. The number of amidine groups is 1. The summed E-state index contributed by atoms with van der Waals surface area (Å²) in [7, 11) is 0. The van der Waals surface area contributed by atoms with E-state index in [1.165, 1.54) is 12.1 Å². The smallest absolute Gasteiger partial charge is 0.164 e. The topological polar surface area (TPSA) is 28.5 Å². The first-order valence-electron chi connectivity index (χ1n) is 6.85. The van der Waals surface area contributed by atoms with Gasteiger partial charge in [0, 0.05) is 23.3 Å². The molecule has 3 nitrogen and oxygen atoms in total. The van der Waals surface area contributed by atoms with Gasteiger partial charge in [-0.1, -0.05) is 24.8 Å². The third-order valence-corrected chi connectivity index (χ3v) is 4.33. The van der Waals surface area contributed by atoms with Gasteiger partial charge in [0.1, 0.15) is 5.82 Å². The molecule has 0 saturated heterocycles. The molecule has 1 unspecified atom stereocenters. The largest absolute Gasteiger partial charge is 0.317 e. The van der Waals surface area contributed by atoms with Gasteiger partial charge >= 0.3 is 0 Å². The van der Waals surface area contributed by atoms with E-state index < -0.39 is 0 Å². The molecule has 21 heavy (non-hydrogen) atoms. The van der Waals surface area contributed by atoms with E-state index in [4.69, 9.17) is 0 Å². The molecular weight excluding hydrogens is 285 g/mol. The first-order chi connectivity index (χ1) is 10.2. The maximum absolute atomic E-state index is 13.2. The minimum Gasteiger partial charge on any atom is -0.317 e. The SMILES string of the molecule is CC1CN=C(N(Cc2cccnc2)c2ccc(F)cc2)S1. The molecule has 0 radical (unpaired) electrons. The summed E-state index contributed by atoms with van der Waals surface area (Å²) >= 11 is 1.75. The highest BCUT2D eigenvalue weighted by atomic mass is 32.2. The maximum atomic E-state index is 13.2. The van der Waals surface area contributed by atoms with E-state index in [0.717, 1.165) is 23.0 Å². The fourth-order valence-electron chi connectivity index (χ4n) is 2.17. The van der Waals surface area contributed by atoms with Gasteiger partial charge in [-0.3, -0.25) is 9.98 Å². The second-order valence-corrected chi connectivity index (χ2v) is 6.38. The zero-order valence-corrected chi connectivity index (χ0v) is 12.6. The van der Waals surface area contributed by atoms with Gasteiger partial charge in [-0.25, -0.2) is 4.39 Å². The summed E-state index contributed by atoms with van der Waals surface area (Å²) in [5, 5.41) is 1.47. The summed E-state index contributed by atoms with van der Waals surface area (Å²) in [5.74, 6) is -0.227. The third kappa shape index (κ3) is 3.42. The third-order valence-electron chi connectivity index (χ3n) is 3.22. The Kier molecular flexibility index (Phi) is 4.20. The van der Waals surface area contributed by atoms with Crippen molar-refractivity contribution in [2.24, 2.45) is 4.99 Å². The predicted molar refractivity (Wildman–Crippen MR) is 86.2 cm³/mol. The second kappa shape index (κ2) is 6.26. The molecule has 0 N–H and O–H groups in total. The van der Waals surface area contributed by atoms with Crippen molar-refractivity contribution < 1.29 is 4.39 Å². The molecule has 1 aromatic heterocycles. The molecule has 0 spiro atoms. The van der Waals surface area contributed by atoms with Crippen molar-refractivity contribution >= 4 is 22.6 Å². The average Bonchev–Trinajstić information content (AvgIpc) is 2.93. The Balaban J connectivity index is 1.89. The fourth-order valence-corrected chi connectivity index (χ4v) is 3.13. The molecule has 2 aromatic rings. The van der Waals surface area contributed by atoms with Crippen LogP contribution in [0.25, 0.3) is 0 Å². The number of rotatable bonds is 3. The Bertz CT molecular complexity index is 628. The lowest BCUT2D eigenvalue weighted by Crippen LogP contribution is -2.27. The Labute approximate surface area is 127 Å². The monoisotopic (exact) mass is 301 g/mol. The normalized spacial score (nSPS) is 17.6. The Morgan fingerprint density at radius 1 is 1.29 bits per heavy atom. The van der Waals surface area contributed by atoms with Crippen LogP contribution in [0.4, 0.5) is 10.1 Å². The van der Waals surface area contributed by atoms with E-state index in [2.05, 4.69) is 21.8 Å². The molecule has 2 heterocycles. The average molecular weight is 301 g/mol. The number of anilines is 1. The summed E-state index contributed by atoms with van der Waals surface area (Å²) in [6.45, 7) is 3.66. The number of thioether (sulfide) groups is 1. The van der Waals surface area contributed by atoms with Crippen molar-refractivity contribution in [1.82, 2.24) is 4.98 Å². The van der Waals surface area contributed by atoms with Gasteiger partial charge in [0.2, 0.25) is 0 Å². The Hall–Kier alpha value is -1.88. The van der Waals surface area contributed by atoms with Crippen LogP contribution in [0.2, 0.25) is 0 Å². The number of hydrogen-bond acceptors (Lipinski definition) is 4. The first-order valence-corrected chi connectivity index (χ1v) is 7.73. The lowest BCUT2D eigenvalue weighted by atomic mass is 10.2. The number of aliphatic imine (C=N–C) groups is 1. The molecule has 1 aromatic carbocycles. The van der Waals surface area contributed by atoms with E-state index in [1.807, 2.05) is 18.3 Å². The summed E-state index contributed by atoms with van der Waals surface area (Å²) in [6, 6.07) is 10.5. The highest BCUT2D eigenvalue weighted by Crippen LogP contribution is 2.28. The van der Waals surface area contributed by atoms with Crippen molar-refractivity contribution in [1.29, 1.82) is 0 Å². The van der Waals surface area contributed by atoms with Crippen LogP contribution in [0.1, 0.15) is 12.5 Å². The maximum Gasteiger partial charge on any atom is 0.164 e. The van der Waals surface area contributed by atoms with Crippen molar-refractivity contribution in [3.63, 3.8) is 0 Å². The molecule has 5 heteroatoms. The number of pyridine rings is 1. The summed E-state index contributed by atoms with van der Waals surface area (Å²) in [5.41, 5.74) is 2.05. The summed E-state index contributed by atoms with van der Waals surface area (Å²) < 4.78 is 13.2. The molecule has 0 fully saturated rings. The fraction of sp³-hybridized carbons (Fsp3) is 0.250. The van der Waals surface area contributed by atoms with Crippen LogP contribution >= 0.6 is 11.8 Å². The Morgan fingerprint density at radius 2 is 2.10 bits per heavy atom. The van der Waals surface area contributed by atoms with Gasteiger partial charge in [-0.15, -0.1) is 0 Å². The van der Waals surface area contributed by atoms with Gasteiger partial charge < -0.3 is 4.90 Å². The molecule has 0 aliphatic carbocycles. The summed E-state index contributed by atoms with van der Waals surface area (Å²) in [6.07, 6.45) is 3.61. The van der Waals surface area contributed by atoms with E-state index >= 15 is 0 Å². The van der Waals surface area contributed by atoms with Crippen molar-refractivity contribution in [2.75, 3.05) is 11.4 Å². The molecule has 0 saturated carbocycles. The second-order valence-electron chi connectivity index (χ2n) is 4.98. The van der Waals surface area contributed by atoms with Crippen LogP contribution in [0.3, 0.4) is 0 Å². The number of hydrogen-bond donors (Lipinski definition) is 0. The first kappa shape index (κ1) is 14.1. The van der Waals surface area contributed by atoms with Crippen molar-refractivity contribution in [3.05, 3.63) is 60.2 Å². The van der Waals surface area contributed by atoms with Crippen LogP contribution in [0.5, 0.6) is 0 Å². The van der Waals surface area contributed by atoms with Gasteiger partial charge in [0.25, 0.3) is 0 Å². The van der Waals surface area contributed by atoms with Crippen molar-refractivity contribution in [2.45, 2.75) is 18.7 Å². The summed E-state index contributed by atoms with van der Waals surface area (Å²) in [4.78, 5) is 10.9. The van der Waals surface area contributed by atoms with Crippen LogP contribution in [0.15, 0.2) is 53.8 Å². The number of aromatic nitrogens is 1. The minimum atomic E-state index is -0.227. The Morgan fingerprint density at radius 3 is 2.71 bits per heavy atom. The number of benzene rings is 1. The van der Waals surface area contributed by atoms with E-state index in [9.17, 15) is 4.39 Å². The van der Waals surface area contributed by atoms with E-state index in [-0.39, 0.29) is 5.82 Å². The van der Waals surface area contributed by atoms with E-state index in [0.29, 0.717) is 11.8 Å². The van der Waals surface area contributed by atoms with Crippen molar-refractivity contribution in [3.8, 4) is 0 Å². The van der Waals surface area contributed by atoms with Crippen LogP contribution in [-0.4, -0.2) is 21.9 Å². The molecule has 3 rings (SSSR count). The molecule has 0 amide bonds. The lowest BCUT2D eigenvalue weighted by molar-refractivity contribution is 0.628. The highest BCUT2D eigenvalue weighted by molar-refractivity contribution is 8.15. The molecular formula is C16H16FN3S. The molecule has 1 atom stereocenters. The predicted octanol–water partition coefficient (Wildman–Crippen LogP) is 3.72. The van der Waals surface area contributed by atoms with Gasteiger partial charge in [-0.05, 0) is 35.9 Å². The quantitative estimate of drug-likeness (QED) is 0.865. The van der Waals surface area contributed by atoms with Crippen LogP contribution in [0, 0.1) is 5.82 Å². The molecule has 0 bridgehead atoms. The van der Waals surface area contributed by atoms with Crippen LogP contribution < -0.4 is 4.90 Å². The van der Waals surface area contributed by atoms with E-state index in [1.54, 1.807) is 30.1 Å². The van der Waals surface area contributed by atoms with Crippen LogP contribution in [-0.2, 0) is 6.54 Å². The zero-order chi connectivity index (χ0) is 14.7. The lowest BCUT2D eigenvalue weighted by Gasteiger charge is -2.24. The standard InChI is InChI=1S/C16H16FN3S/c1-12-9-19-16(21-12)20(11-13-3-2-8-18-10-13)15-6-4-14(17)5-7-15/h2-8,10,12H,9,11H2,1H3. The molecule has 1 aliphatic heterocycles.